The van der Waals surface area contributed by atoms with Gasteiger partial charge in [-0.25, -0.2) is 4.79 Å². The molecule has 0 radical (unpaired) electrons. The van der Waals surface area contributed by atoms with Gasteiger partial charge in [-0.1, -0.05) is 13.8 Å². The molecule has 0 aromatic rings. The molecular formula is C16H27NO4. The summed E-state index contributed by atoms with van der Waals surface area (Å²) < 4.78 is 5.51. The minimum Gasteiger partial charge on any atom is -0.480 e. The number of carboxylic acid groups (broad SMARTS) is 1. The molecule has 0 bridgehead atoms. The Morgan fingerprint density at radius 2 is 2.00 bits per heavy atom. The fraction of sp³-hybridized carbons (Fsp3) is 0.875. The SMILES string of the molecule is CCOC1CC(CC(=O)N2CCCC(C)(C)C2C(=O)O)C1. The van der Waals surface area contributed by atoms with Gasteiger partial charge in [-0.15, -0.1) is 0 Å². The van der Waals surface area contributed by atoms with E-state index in [-0.39, 0.29) is 11.3 Å². The summed E-state index contributed by atoms with van der Waals surface area (Å²) in [6.07, 6.45) is 4.34. The number of hydrogen-bond donors (Lipinski definition) is 1. The van der Waals surface area contributed by atoms with Crippen LogP contribution in [0.4, 0.5) is 0 Å². The molecule has 2 aliphatic rings. The maximum atomic E-state index is 12.5. The van der Waals surface area contributed by atoms with Crippen LogP contribution in [0.15, 0.2) is 0 Å². The topological polar surface area (TPSA) is 66.8 Å². The van der Waals surface area contributed by atoms with Crippen molar-refractivity contribution in [2.24, 2.45) is 11.3 Å². The van der Waals surface area contributed by atoms with Gasteiger partial charge in [-0.05, 0) is 43.9 Å². The van der Waals surface area contributed by atoms with Crippen molar-refractivity contribution < 1.29 is 19.4 Å². The van der Waals surface area contributed by atoms with E-state index in [1.54, 1.807) is 4.90 Å². The van der Waals surface area contributed by atoms with Crippen LogP contribution in [0.1, 0.15) is 52.9 Å². The number of nitrogens with zero attached hydrogens (tertiary/aromatic N) is 1. The molecule has 2 fully saturated rings. The normalized spacial score (nSPS) is 31.6. The molecule has 1 heterocycles. The second-order valence-electron chi connectivity index (χ2n) is 7.04. The molecule has 5 nitrogen and oxygen atoms in total. The third kappa shape index (κ3) is 3.57. The van der Waals surface area contributed by atoms with E-state index in [1.165, 1.54) is 0 Å². The number of piperidine rings is 1. The number of rotatable bonds is 5. The highest BCUT2D eigenvalue weighted by Gasteiger charge is 2.45. The van der Waals surface area contributed by atoms with Gasteiger partial charge in [0, 0.05) is 19.6 Å². The molecule has 1 amide bonds. The third-order valence-corrected chi connectivity index (χ3v) is 4.88. The second-order valence-corrected chi connectivity index (χ2v) is 7.04. The maximum absolute atomic E-state index is 12.5. The van der Waals surface area contributed by atoms with E-state index >= 15 is 0 Å². The monoisotopic (exact) mass is 297 g/mol. The standard InChI is InChI=1S/C16H27NO4/c1-4-21-12-8-11(9-12)10-13(18)17-7-5-6-16(2,3)14(17)15(19)20/h11-12,14H,4-10H2,1-3H3,(H,19,20). The minimum absolute atomic E-state index is 0.00452. The van der Waals surface area contributed by atoms with Gasteiger partial charge in [0.15, 0.2) is 0 Å². The van der Waals surface area contributed by atoms with Crippen LogP contribution in [0.3, 0.4) is 0 Å². The summed E-state index contributed by atoms with van der Waals surface area (Å²) in [5.74, 6) is -0.530. The molecule has 0 aromatic heterocycles. The van der Waals surface area contributed by atoms with Crippen molar-refractivity contribution in [3.8, 4) is 0 Å². The predicted octanol–water partition coefficient (Wildman–Crippen LogP) is 2.29. The smallest absolute Gasteiger partial charge is 0.326 e. The first-order valence-corrected chi connectivity index (χ1v) is 7.99. The summed E-state index contributed by atoms with van der Waals surface area (Å²) in [4.78, 5) is 25.7. The maximum Gasteiger partial charge on any atom is 0.326 e. The zero-order valence-corrected chi connectivity index (χ0v) is 13.3. The first kappa shape index (κ1) is 16.3. The number of likely N-dealkylation sites (tertiary alicyclic amines) is 1. The summed E-state index contributed by atoms with van der Waals surface area (Å²) >= 11 is 0. The summed E-state index contributed by atoms with van der Waals surface area (Å²) in [7, 11) is 0. The Hall–Kier alpha value is -1.10. The summed E-state index contributed by atoms with van der Waals surface area (Å²) in [5, 5.41) is 9.50. The van der Waals surface area contributed by atoms with Gasteiger partial charge in [-0.3, -0.25) is 4.79 Å². The third-order valence-electron chi connectivity index (χ3n) is 4.88. The highest BCUT2D eigenvalue weighted by atomic mass is 16.5. The number of hydrogen-bond acceptors (Lipinski definition) is 3. The first-order valence-electron chi connectivity index (χ1n) is 7.99. The molecule has 1 aliphatic heterocycles. The lowest BCUT2D eigenvalue weighted by Crippen LogP contribution is -2.56. The van der Waals surface area contributed by atoms with Crippen LogP contribution in [0.5, 0.6) is 0 Å². The Labute approximate surface area is 126 Å². The van der Waals surface area contributed by atoms with Gasteiger partial charge in [0.05, 0.1) is 6.10 Å². The molecule has 1 atom stereocenters. The fourth-order valence-electron chi connectivity index (χ4n) is 3.71. The van der Waals surface area contributed by atoms with Crippen molar-refractivity contribution in [1.82, 2.24) is 4.90 Å². The molecule has 2 rings (SSSR count). The van der Waals surface area contributed by atoms with Crippen molar-refractivity contribution in [2.45, 2.75) is 65.0 Å². The molecule has 1 unspecified atom stereocenters. The van der Waals surface area contributed by atoms with Gasteiger partial charge in [0.1, 0.15) is 6.04 Å². The van der Waals surface area contributed by atoms with Gasteiger partial charge < -0.3 is 14.7 Å². The van der Waals surface area contributed by atoms with Crippen LogP contribution in [0.25, 0.3) is 0 Å². The number of aliphatic carboxylic acids is 1. The van der Waals surface area contributed by atoms with Crippen LogP contribution < -0.4 is 0 Å². The molecule has 1 aliphatic carbocycles. The average molecular weight is 297 g/mol. The molecule has 1 saturated heterocycles. The molecule has 0 spiro atoms. The van der Waals surface area contributed by atoms with Crippen LogP contribution >= 0.6 is 0 Å². The van der Waals surface area contributed by atoms with E-state index in [9.17, 15) is 14.7 Å². The Balaban J connectivity index is 1.93. The fourth-order valence-corrected chi connectivity index (χ4v) is 3.71. The highest BCUT2D eigenvalue weighted by molar-refractivity contribution is 5.84. The number of carboxylic acids is 1. The average Bonchev–Trinajstić information content (AvgIpc) is 2.34. The Kier molecular flexibility index (Phi) is 4.91. The first-order chi connectivity index (χ1) is 9.85. The summed E-state index contributed by atoms with van der Waals surface area (Å²) in [5.41, 5.74) is -0.354. The Morgan fingerprint density at radius 1 is 1.33 bits per heavy atom. The number of ether oxygens (including phenoxy) is 1. The van der Waals surface area contributed by atoms with E-state index in [0.717, 1.165) is 25.7 Å². The van der Waals surface area contributed by atoms with Crippen LogP contribution in [0, 0.1) is 11.3 Å². The molecule has 0 aromatic carbocycles. The summed E-state index contributed by atoms with van der Waals surface area (Å²) in [6.45, 7) is 7.15. The molecule has 5 heteroatoms. The minimum atomic E-state index is -0.881. The van der Waals surface area contributed by atoms with Crippen molar-refractivity contribution in [1.29, 1.82) is 0 Å². The molecule has 21 heavy (non-hydrogen) atoms. The number of amides is 1. The van der Waals surface area contributed by atoms with Crippen molar-refractivity contribution >= 4 is 11.9 Å². The van der Waals surface area contributed by atoms with Gasteiger partial charge in [-0.2, -0.15) is 0 Å². The van der Waals surface area contributed by atoms with Crippen molar-refractivity contribution in [3.05, 3.63) is 0 Å². The molecule has 120 valence electrons. The highest BCUT2D eigenvalue weighted by Crippen LogP contribution is 2.38. The summed E-state index contributed by atoms with van der Waals surface area (Å²) in [6, 6.07) is -0.693. The van der Waals surface area contributed by atoms with Crippen molar-refractivity contribution in [3.63, 3.8) is 0 Å². The predicted molar refractivity (Wildman–Crippen MR) is 78.9 cm³/mol. The largest absolute Gasteiger partial charge is 0.480 e. The van der Waals surface area contributed by atoms with E-state index in [4.69, 9.17) is 4.74 Å². The number of carbonyl (C=O) groups is 2. The molecule has 1 N–H and O–H groups in total. The Morgan fingerprint density at radius 3 is 2.57 bits per heavy atom. The van der Waals surface area contributed by atoms with E-state index in [2.05, 4.69) is 0 Å². The molecule has 1 saturated carbocycles. The zero-order valence-electron chi connectivity index (χ0n) is 13.3. The lowest BCUT2D eigenvalue weighted by atomic mass is 9.75. The molecular weight excluding hydrogens is 270 g/mol. The van der Waals surface area contributed by atoms with Crippen LogP contribution in [-0.4, -0.2) is 47.2 Å². The quantitative estimate of drug-likeness (QED) is 0.845. The lowest BCUT2D eigenvalue weighted by molar-refractivity contribution is -0.160. The van der Waals surface area contributed by atoms with Gasteiger partial charge in [0.25, 0.3) is 0 Å². The van der Waals surface area contributed by atoms with Crippen molar-refractivity contribution in [2.75, 3.05) is 13.2 Å². The van der Waals surface area contributed by atoms with Crippen LogP contribution in [-0.2, 0) is 14.3 Å². The van der Waals surface area contributed by atoms with Gasteiger partial charge >= 0.3 is 5.97 Å². The zero-order chi connectivity index (χ0) is 15.6. The Bertz CT molecular complexity index is 401. The van der Waals surface area contributed by atoms with Crippen LogP contribution in [0.2, 0.25) is 0 Å². The van der Waals surface area contributed by atoms with E-state index in [1.807, 2.05) is 20.8 Å². The van der Waals surface area contributed by atoms with Gasteiger partial charge in [0.2, 0.25) is 5.91 Å². The number of carbonyl (C=O) groups excluding carboxylic acids is 1. The second kappa shape index (κ2) is 6.34. The van der Waals surface area contributed by atoms with E-state index < -0.39 is 12.0 Å². The van der Waals surface area contributed by atoms with E-state index in [0.29, 0.717) is 31.6 Å². The lowest BCUT2D eigenvalue weighted by Gasteiger charge is -2.45.